The summed E-state index contributed by atoms with van der Waals surface area (Å²) in [5.41, 5.74) is 0.400. The Labute approximate surface area is 142 Å². The molecular formula is C18H25N3O3. The number of rotatable bonds is 2. The minimum atomic E-state index is -0.491. The molecule has 1 saturated heterocycles. The van der Waals surface area contributed by atoms with Gasteiger partial charge in [-0.25, -0.2) is 4.79 Å². The number of aromatic nitrogens is 2. The number of nitrogens with zero attached hydrogens (tertiary/aromatic N) is 3. The summed E-state index contributed by atoms with van der Waals surface area (Å²) in [5.74, 6) is 0.590. The molecule has 2 atom stereocenters. The fraction of sp³-hybridized carbons (Fsp3) is 0.556. The van der Waals surface area contributed by atoms with Crippen molar-refractivity contribution in [1.82, 2.24) is 14.5 Å². The van der Waals surface area contributed by atoms with Crippen LogP contribution in [-0.2, 0) is 11.8 Å². The van der Waals surface area contributed by atoms with Gasteiger partial charge >= 0.3 is 6.09 Å². The van der Waals surface area contributed by atoms with Gasteiger partial charge in [0, 0.05) is 37.2 Å². The fourth-order valence-electron chi connectivity index (χ4n) is 3.00. The first kappa shape index (κ1) is 16.6. The highest BCUT2D eigenvalue weighted by Gasteiger charge is 2.36. The van der Waals surface area contributed by atoms with Crippen LogP contribution in [0.25, 0.3) is 11.0 Å². The number of hydrogen-bond donors (Lipinski definition) is 0. The maximum Gasteiger partial charge on any atom is 0.410 e. The third-order valence-corrected chi connectivity index (χ3v) is 4.14. The van der Waals surface area contributed by atoms with Crippen molar-refractivity contribution < 1.29 is 14.3 Å². The molecule has 2 aromatic rings. The van der Waals surface area contributed by atoms with Crippen LogP contribution < -0.4 is 4.74 Å². The van der Waals surface area contributed by atoms with Crippen LogP contribution in [0.4, 0.5) is 4.79 Å². The summed E-state index contributed by atoms with van der Waals surface area (Å²) in [6, 6.07) is 5.99. The van der Waals surface area contributed by atoms with E-state index < -0.39 is 5.60 Å². The van der Waals surface area contributed by atoms with Gasteiger partial charge < -0.3 is 18.9 Å². The summed E-state index contributed by atoms with van der Waals surface area (Å²) >= 11 is 0. The molecule has 1 amide bonds. The molecule has 3 heterocycles. The number of hydrogen-bond acceptors (Lipinski definition) is 4. The van der Waals surface area contributed by atoms with E-state index in [0.717, 1.165) is 17.5 Å². The first-order valence-corrected chi connectivity index (χ1v) is 8.31. The van der Waals surface area contributed by atoms with Gasteiger partial charge in [0.05, 0.1) is 6.54 Å². The van der Waals surface area contributed by atoms with Gasteiger partial charge in [-0.3, -0.25) is 0 Å². The van der Waals surface area contributed by atoms with Crippen LogP contribution in [-0.4, -0.2) is 44.8 Å². The van der Waals surface area contributed by atoms with Gasteiger partial charge in [0.25, 0.3) is 0 Å². The number of carbonyl (C=O) groups excluding carboxylic acids is 1. The number of carbonyl (C=O) groups is 1. The summed E-state index contributed by atoms with van der Waals surface area (Å²) in [6.45, 7) is 8.15. The Bertz CT molecular complexity index is 748. The molecule has 130 valence electrons. The number of aryl methyl sites for hydroxylation is 1. The number of ether oxygens (including phenoxy) is 2. The van der Waals surface area contributed by atoms with Crippen molar-refractivity contribution in [2.45, 2.75) is 51.9 Å². The highest BCUT2D eigenvalue weighted by Crippen LogP contribution is 2.25. The summed E-state index contributed by atoms with van der Waals surface area (Å²) in [7, 11) is 1.96. The lowest BCUT2D eigenvalue weighted by Crippen LogP contribution is -2.39. The van der Waals surface area contributed by atoms with Gasteiger partial charge in [0.1, 0.15) is 17.4 Å². The Morgan fingerprint density at radius 2 is 2.04 bits per heavy atom. The second-order valence-corrected chi connectivity index (χ2v) is 7.45. The van der Waals surface area contributed by atoms with Crippen LogP contribution in [0.15, 0.2) is 24.4 Å². The molecule has 0 aliphatic carbocycles. The average Bonchev–Trinajstić information content (AvgIpc) is 3.01. The van der Waals surface area contributed by atoms with E-state index in [0.29, 0.717) is 12.4 Å². The first-order chi connectivity index (χ1) is 11.2. The Balaban J connectivity index is 1.67. The lowest BCUT2D eigenvalue weighted by molar-refractivity contribution is 0.0223. The second-order valence-electron chi connectivity index (χ2n) is 7.45. The van der Waals surface area contributed by atoms with Gasteiger partial charge in [-0.1, -0.05) is 0 Å². The normalized spacial score (nSPS) is 21.3. The van der Waals surface area contributed by atoms with Crippen LogP contribution in [0, 0.1) is 0 Å². The fourth-order valence-corrected chi connectivity index (χ4v) is 3.00. The van der Waals surface area contributed by atoms with Gasteiger partial charge in [-0.15, -0.1) is 0 Å². The Morgan fingerprint density at radius 3 is 2.75 bits per heavy atom. The zero-order chi connectivity index (χ0) is 17.5. The zero-order valence-corrected chi connectivity index (χ0v) is 14.9. The van der Waals surface area contributed by atoms with Crippen LogP contribution in [0.2, 0.25) is 0 Å². The Kier molecular flexibility index (Phi) is 4.15. The van der Waals surface area contributed by atoms with E-state index in [1.165, 1.54) is 0 Å². The third kappa shape index (κ3) is 3.47. The van der Waals surface area contributed by atoms with E-state index in [2.05, 4.69) is 4.98 Å². The van der Waals surface area contributed by atoms with Gasteiger partial charge in [-0.2, -0.15) is 4.98 Å². The van der Waals surface area contributed by atoms with Crippen molar-refractivity contribution in [3.8, 4) is 5.88 Å². The lowest BCUT2D eigenvalue weighted by atomic mass is 10.2. The minimum Gasteiger partial charge on any atom is -0.472 e. The molecule has 1 fully saturated rings. The monoisotopic (exact) mass is 331 g/mol. The molecule has 1 aliphatic rings. The number of likely N-dealkylation sites (tertiary alicyclic amines) is 1. The number of fused-ring (bicyclic) bond motifs is 1. The molecule has 6 nitrogen and oxygen atoms in total. The van der Waals surface area contributed by atoms with Crippen LogP contribution in [0.1, 0.15) is 34.1 Å². The van der Waals surface area contributed by atoms with E-state index in [1.54, 1.807) is 4.90 Å². The van der Waals surface area contributed by atoms with Crippen molar-refractivity contribution in [3.63, 3.8) is 0 Å². The molecule has 2 aromatic heterocycles. The quantitative estimate of drug-likeness (QED) is 0.847. The van der Waals surface area contributed by atoms with E-state index in [1.807, 2.05) is 63.7 Å². The summed E-state index contributed by atoms with van der Waals surface area (Å²) < 4.78 is 13.4. The average molecular weight is 331 g/mol. The van der Waals surface area contributed by atoms with Gasteiger partial charge in [-0.05, 0) is 39.8 Å². The zero-order valence-electron chi connectivity index (χ0n) is 14.9. The highest BCUT2D eigenvalue weighted by molar-refractivity contribution is 5.76. The maximum absolute atomic E-state index is 12.3. The molecule has 0 spiro atoms. The Hall–Kier alpha value is -2.24. The minimum absolute atomic E-state index is 0.0715. The topological polar surface area (TPSA) is 56.6 Å². The van der Waals surface area contributed by atoms with E-state index in [-0.39, 0.29) is 18.2 Å². The Morgan fingerprint density at radius 1 is 1.29 bits per heavy atom. The molecule has 0 bridgehead atoms. The molecular weight excluding hydrogens is 306 g/mol. The highest BCUT2D eigenvalue weighted by atomic mass is 16.6. The molecule has 24 heavy (non-hydrogen) atoms. The van der Waals surface area contributed by atoms with E-state index in [4.69, 9.17) is 9.47 Å². The van der Waals surface area contributed by atoms with Crippen molar-refractivity contribution >= 4 is 17.1 Å². The van der Waals surface area contributed by atoms with E-state index in [9.17, 15) is 4.79 Å². The molecule has 0 N–H and O–H groups in total. The summed E-state index contributed by atoms with van der Waals surface area (Å²) in [4.78, 5) is 18.6. The van der Waals surface area contributed by atoms with Crippen LogP contribution >= 0.6 is 0 Å². The van der Waals surface area contributed by atoms with Crippen molar-refractivity contribution in [1.29, 1.82) is 0 Å². The molecule has 0 unspecified atom stereocenters. The van der Waals surface area contributed by atoms with Crippen LogP contribution in [0.5, 0.6) is 5.88 Å². The molecule has 0 aromatic carbocycles. The first-order valence-electron chi connectivity index (χ1n) is 8.31. The molecule has 0 saturated carbocycles. The molecule has 6 heteroatoms. The van der Waals surface area contributed by atoms with Crippen molar-refractivity contribution in [2.24, 2.45) is 7.05 Å². The van der Waals surface area contributed by atoms with Crippen molar-refractivity contribution in [3.05, 3.63) is 24.4 Å². The standard InChI is InChI=1S/C18H25N3O3/c1-12-10-14(11-21(12)17(22)24-18(2,3)4)23-15-7-6-13-8-9-20(5)16(13)19-15/h6-9,12,14H,10-11H2,1-5H3/t12-,14+/m0/s1. The maximum atomic E-state index is 12.3. The molecule has 0 radical (unpaired) electrons. The molecule has 3 rings (SSSR count). The van der Waals surface area contributed by atoms with E-state index >= 15 is 0 Å². The lowest BCUT2D eigenvalue weighted by Gasteiger charge is -2.26. The smallest absolute Gasteiger partial charge is 0.410 e. The predicted molar refractivity (Wildman–Crippen MR) is 92.1 cm³/mol. The number of amides is 1. The summed E-state index contributed by atoms with van der Waals surface area (Å²) in [5, 5.41) is 1.08. The van der Waals surface area contributed by atoms with Crippen LogP contribution in [0.3, 0.4) is 0 Å². The predicted octanol–water partition coefficient (Wildman–Crippen LogP) is 3.35. The molecule has 1 aliphatic heterocycles. The van der Waals surface area contributed by atoms with Crippen molar-refractivity contribution in [2.75, 3.05) is 6.54 Å². The summed E-state index contributed by atoms with van der Waals surface area (Å²) in [6.07, 6.45) is 2.39. The largest absolute Gasteiger partial charge is 0.472 e. The number of pyridine rings is 1. The van der Waals surface area contributed by atoms with Gasteiger partial charge in [0.2, 0.25) is 5.88 Å². The third-order valence-electron chi connectivity index (χ3n) is 4.14. The van der Waals surface area contributed by atoms with Gasteiger partial charge in [0.15, 0.2) is 0 Å². The SMILES string of the molecule is C[C@H]1C[C@@H](Oc2ccc3ccn(C)c3n2)CN1C(=O)OC(C)(C)C. The second kappa shape index (κ2) is 6.00.